The third-order valence-electron chi connectivity index (χ3n) is 4.30. The summed E-state index contributed by atoms with van der Waals surface area (Å²) in [6, 6.07) is 13.9. The molecule has 0 saturated carbocycles. The number of aromatic amines is 1. The summed E-state index contributed by atoms with van der Waals surface area (Å²) in [7, 11) is 0. The topological polar surface area (TPSA) is 67.0 Å². The molecule has 3 aromatic rings. The Hall–Kier alpha value is -3.15. The molecule has 1 aromatic heterocycles. The van der Waals surface area contributed by atoms with Gasteiger partial charge in [0.25, 0.3) is 0 Å². The second-order valence-corrected chi connectivity index (χ2v) is 5.99. The third-order valence-corrected chi connectivity index (χ3v) is 4.30. The van der Waals surface area contributed by atoms with Gasteiger partial charge >= 0.3 is 0 Å². The second-order valence-electron chi connectivity index (χ2n) is 5.99. The molecule has 2 N–H and O–H groups in total. The smallest absolute Gasteiger partial charge is 0.226 e. The molecule has 0 spiro atoms. The van der Waals surface area contributed by atoms with Crippen LogP contribution in [0.3, 0.4) is 0 Å². The zero-order valence-corrected chi connectivity index (χ0v) is 13.3. The van der Waals surface area contributed by atoms with Gasteiger partial charge in [-0.2, -0.15) is 5.10 Å². The van der Waals surface area contributed by atoms with E-state index < -0.39 is 0 Å². The van der Waals surface area contributed by atoms with Crippen LogP contribution in [-0.2, 0) is 11.4 Å². The molecule has 0 fully saturated rings. The van der Waals surface area contributed by atoms with Crippen LogP contribution in [0.25, 0.3) is 0 Å². The molecular weight excluding hydrogens is 321 g/mol. The summed E-state index contributed by atoms with van der Waals surface area (Å²) in [5, 5.41) is 9.60. The number of nitrogens with one attached hydrogen (secondary N) is 2. The van der Waals surface area contributed by atoms with Gasteiger partial charge in [-0.1, -0.05) is 24.3 Å². The average Bonchev–Trinajstić information content (AvgIpc) is 3.09. The summed E-state index contributed by atoms with van der Waals surface area (Å²) < 4.78 is 18.6. The zero-order valence-electron chi connectivity index (χ0n) is 13.3. The predicted molar refractivity (Wildman–Crippen MR) is 90.9 cm³/mol. The highest BCUT2D eigenvalue weighted by Crippen LogP contribution is 2.36. The molecule has 4 rings (SSSR count). The monoisotopic (exact) mass is 337 g/mol. The number of benzene rings is 2. The van der Waals surface area contributed by atoms with E-state index in [1.165, 1.54) is 12.1 Å². The molecule has 5 nitrogen and oxygen atoms in total. The van der Waals surface area contributed by atoms with Gasteiger partial charge in [-0.05, 0) is 35.4 Å². The Morgan fingerprint density at radius 3 is 2.64 bits per heavy atom. The van der Waals surface area contributed by atoms with E-state index in [1.807, 2.05) is 24.3 Å². The first-order valence-corrected chi connectivity index (χ1v) is 7.99. The number of carbonyl (C=O) groups is 1. The summed E-state index contributed by atoms with van der Waals surface area (Å²) in [5.41, 5.74) is 2.92. The number of carbonyl (C=O) groups excluding carboxylic acids is 1. The van der Waals surface area contributed by atoms with Crippen LogP contribution >= 0.6 is 0 Å². The van der Waals surface area contributed by atoms with E-state index in [1.54, 1.807) is 18.3 Å². The van der Waals surface area contributed by atoms with E-state index in [4.69, 9.17) is 4.74 Å². The first-order chi connectivity index (χ1) is 12.2. The minimum absolute atomic E-state index is 0.0198. The van der Waals surface area contributed by atoms with Crippen LogP contribution in [0, 0.1) is 5.82 Å². The number of fused-ring (bicyclic) bond motifs is 1. The molecule has 6 heteroatoms. The number of H-pyrrole nitrogens is 1. The van der Waals surface area contributed by atoms with Crippen LogP contribution in [0.1, 0.15) is 29.0 Å². The van der Waals surface area contributed by atoms with E-state index >= 15 is 0 Å². The van der Waals surface area contributed by atoms with Gasteiger partial charge in [-0.15, -0.1) is 0 Å². The Morgan fingerprint density at radius 1 is 1.12 bits per heavy atom. The Bertz CT molecular complexity index is 888. The molecule has 0 radical (unpaired) electrons. The lowest BCUT2D eigenvalue weighted by Crippen LogP contribution is -2.22. The molecule has 1 atom stereocenters. The molecule has 0 bridgehead atoms. The quantitative estimate of drug-likeness (QED) is 0.764. The van der Waals surface area contributed by atoms with E-state index in [0.29, 0.717) is 18.8 Å². The minimum atomic E-state index is -0.261. The number of aromatic nitrogens is 2. The molecule has 1 aliphatic heterocycles. The number of halogens is 1. The minimum Gasteiger partial charge on any atom is -0.489 e. The van der Waals surface area contributed by atoms with Gasteiger partial charge in [0.05, 0.1) is 6.20 Å². The average molecular weight is 337 g/mol. The highest BCUT2D eigenvalue weighted by Gasteiger charge is 2.27. The summed E-state index contributed by atoms with van der Waals surface area (Å²) in [4.78, 5) is 11.8. The van der Waals surface area contributed by atoms with Crippen molar-refractivity contribution in [3.8, 4) is 5.75 Å². The maximum absolute atomic E-state index is 12.9. The summed E-state index contributed by atoms with van der Waals surface area (Å²) in [6.45, 7) is 0.372. The van der Waals surface area contributed by atoms with Crippen LogP contribution in [0.2, 0.25) is 0 Å². The number of hydrogen-bond donors (Lipinski definition) is 2. The Morgan fingerprint density at radius 2 is 1.88 bits per heavy atom. The normalized spacial score (nSPS) is 16.2. The molecule has 1 amide bonds. The number of anilines is 1. The molecule has 2 heterocycles. The molecule has 25 heavy (non-hydrogen) atoms. The molecule has 1 aliphatic rings. The maximum Gasteiger partial charge on any atom is 0.226 e. The van der Waals surface area contributed by atoms with Crippen molar-refractivity contribution in [3.05, 3.63) is 77.2 Å². The van der Waals surface area contributed by atoms with Crippen molar-refractivity contribution in [1.29, 1.82) is 0 Å². The molecule has 0 aliphatic carbocycles. The first-order valence-electron chi connectivity index (χ1n) is 7.99. The van der Waals surface area contributed by atoms with Crippen LogP contribution in [0.5, 0.6) is 5.75 Å². The largest absolute Gasteiger partial charge is 0.489 e. The zero-order chi connectivity index (χ0) is 17.2. The van der Waals surface area contributed by atoms with Crippen LogP contribution in [0.15, 0.2) is 54.7 Å². The van der Waals surface area contributed by atoms with Crippen molar-refractivity contribution in [2.45, 2.75) is 18.9 Å². The highest BCUT2D eigenvalue weighted by atomic mass is 19.1. The van der Waals surface area contributed by atoms with Crippen molar-refractivity contribution in [3.63, 3.8) is 0 Å². The van der Waals surface area contributed by atoms with Crippen molar-refractivity contribution in [2.75, 3.05) is 5.32 Å². The van der Waals surface area contributed by atoms with Gasteiger partial charge in [-0.25, -0.2) is 4.39 Å². The SMILES string of the molecule is O=C1CC(c2ccc(OCc3ccc(F)cc3)cc2)c2cn[nH]c2N1. The van der Waals surface area contributed by atoms with Gasteiger partial charge in [0.15, 0.2) is 0 Å². The lowest BCUT2D eigenvalue weighted by Gasteiger charge is -2.22. The molecular formula is C19H16FN3O2. The fraction of sp³-hybridized carbons (Fsp3) is 0.158. The van der Waals surface area contributed by atoms with Crippen LogP contribution < -0.4 is 10.1 Å². The molecule has 0 saturated heterocycles. The standard InChI is InChI=1S/C19H16FN3O2/c20-14-5-1-12(2-6-14)11-25-15-7-3-13(4-8-15)16-9-18(24)22-19-17(16)10-21-23-19/h1-8,10,16H,9,11H2,(H2,21,22,23,24). The van der Waals surface area contributed by atoms with Crippen LogP contribution in [-0.4, -0.2) is 16.1 Å². The van der Waals surface area contributed by atoms with Gasteiger partial charge < -0.3 is 10.1 Å². The maximum atomic E-state index is 12.9. The summed E-state index contributed by atoms with van der Waals surface area (Å²) in [5.74, 6) is 1.08. The Balaban J connectivity index is 1.47. The summed E-state index contributed by atoms with van der Waals surface area (Å²) in [6.07, 6.45) is 2.14. The fourth-order valence-corrected chi connectivity index (χ4v) is 2.99. The van der Waals surface area contributed by atoms with Crippen molar-refractivity contribution < 1.29 is 13.9 Å². The highest BCUT2D eigenvalue weighted by molar-refractivity contribution is 5.94. The Kier molecular flexibility index (Phi) is 3.93. The lowest BCUT2D eigenvalue weighted by molar-refractivity contribution is -0.116. The van der Waals surface area contributed by atoms with Gasteiger partial charge in [0, 0.05) is 17.9 Å². The number of ether oxygens (including phenoxy) is 1. The van der Waals surface area contributed by atoms with E-state index in [2.05, 4.69) is 15.5 Å². The van der Waals surface area contributed by atoms with Crippen molar-refractivity contribution >= 4 is 11.7 Å². The molecule has 126 valence electrons. The fourth-order valence-electron chi connectivity index (χ4n) is 2.99. The number of hydrogen-bond acceptors (Lipinski definition) is 3. The van der Waals surface area contributed by atoms with E-state index in [9.17, 15) is 9.18 Å². The Labute approximate surface area is 143 Å². The first kappa shape index (κ1) is 15.4. The van der Waals surface area contributed by atoms with E-state index in [0.717, 1.165) is 22.4 Å². The van der Waals surface area contributed by atoms with Crippen molar-refractivity contribution in [2.24, 2.45) is 0 Å². The third kappa shape index (κ3) is 3.24. The van der Waals surface area contributed by atoms with Gasteiger partial charge in [0.1, 0.15) is 24.0 Å². The van der Waals surface area contributed by atoms with E-state index in [-0.39, 0.29) is 17.6 Å². The number of nitrogens with zero attached hydrogens (tertiary/aromatic N) is 1. The lowest BCUT2D eigenvalue weighted by atomic mass is 9.87. The number of rotatable bonds is 4. The molecule has 2 aromatic carbocycles. The van der Waals surface area contributed by atoms with Gasteiger partial charge in [0.2, 0.25) is 5.91 Å². The number of amides is 1. The van der Waals surface area contributed by atoms with Crippen molar-refractivity contribution in [1.82, 2.24) is 10.2 Å². The summed E-state index contributed by atoms with van der Waals surface area (Å²) >= 11 is 0. The second kappa shape index (κ2) is 6.39. The van der Waals surface area contributed by atoms with Crippen LogP contribution in [0.4, 0.5) is 10.2 Å². The van der Waals surface area contributed by atoms with Gasteiger partial charge in [-0.3, -0.25) is 9.89 Å². The molecule has 1 unspecified atom stereocenters. The predicted octanol–water partition coefficient (Wildman–Crippen LogP) is 3.60.